The van der Waals surface area contributed by atoms with Crippen molar-refractivity contribution < 1.29 is 12.8 Å². The zero-order chi connectivity index (χ0) is 15.6. The van der Waals surface area contributed by atoms with Crippen LogP contribution in [0.4, 0.5) is 4.39 Å². The van der Waals surface area contributed by atoms with Crippen molar-refractivity contribution in [3.8, 4) is 0 Å². The number of halogens is 2. The van der Waals surface area contributed by atoms with Crippen LogP contribution in [0.25, 0.3) is 0 Å². The predicted molar refractivity (Wildman–Crippen MR) is 82.5 cm³/mol. The fraction of sp³-hybridized carbons (Fsp3) is 0.600. The van der Waals surface area contributed by atoms with Crippen LogP contribution in [-0.4, -0.2) is 25.8 Å². The van der Waals surface area contributed by atoms with Crippen LogP contribution in [0, 0.1) is 18.7 Å². The zero-order valence-electron chi connectivity index (χ0n) is 12.4. The van der Waals surface area contributed by atoms with Gasteiger partial charge in [0.25, 0.3) is 0 Å². The molecule has 1 saturated carbocycles. The van der Waals surface area contributed by atoms with Crippen molar-refractivity contribution in [2.24, 2.45) is 5.92 Å². The third-order valence-corrected chi connectivity index (χ3v) is 6.54. The third-order valence-electron chi connectivity index (χ3n) is 4.17. The molecule has 1 aliphatic rings. The minimum atomic E-state index is -3.67. The molecule has 0 N–H and O–H groups in total. The predicted octanol–water partition coefficient (Wildman–Crippen LogP) is 3.68. The van der Waals surface area contributed by atoms with Crippen LogP contribution in [-0.2, 0) is 15.9 Å². The van der Waals surface area contributed by atoms with Crippen LogP contribution in [0.15, 0.2) is 17.0 Å². The number of alkyl halides is 1. The van der Waals surface area contributed by atoms with Crippen molar-refractivity contribution in [1.82, 2.24) is 4.31 Å². The van der Waals surface area contributed by atoms with Crippen LogP contribution in [0.5, 0.6) is 0 Å². The Morgan fingerprint density at radius 1 is 1.38 bits per heavy atom. The molecule has 1 aromatic rings. The Hall–Kier alpha value is -0.650. The molecule has 0 radical (unpaired) electrons. The molecule has 1 fully saturated rings. The van der Waals surface area contributed by atoms with E-state index in [0.717, 1.165) is 19.3 Å². The Labute approximate surface area is 131 Å². The number of sulfonamides is 1. The molecule has 2 rings (SSSR count). The van der Waals surface area contributed by atoms with Gasteiger partial charge in [-0.2, -0.15) is 4.31 Å². The molecule has 1 aliphatic carbocycles. The highest BCUT2D eigenvalue weighted by Crippen LogP contribution is 2.30. The lowest BCUT2D eigenvalue weighted by molar-refractivity contribution is 0.250. The Morgan fingerprint density at radius 2 is 2.05 bits per heavy atom. The van der Waals surface area contributed by atoms with E-state index in [1.54, 1.807) is 0 Å². The Bertz CT molecular complexity index is 614. The van der Waals surface area contributed by atoms with E-state index in [9.17, 15) is 12.8 Å². The zero-order valence-corrected chi connectivity index (χ0v) is 14.0. The second kappa shape index (κ2) is 6.63. The number of benzene rings is 1. The highest BCUT2D eigenvalue weighted by molar-refractivity contribution is 7.89. The number of hydrogen-bond donors (Lipinski definition) is 0. The van der Waals surface area contributed by atoms with Gasteiger partial charge in [0.1, 0.15) is 5.82 Å². The summed E-state index contributed by atoms with van der Waals surface area (Å²) in [5.74, 6) is 0.00147. The van der Waals surface area contributed by atoms with E-state index >= 15 is 0 Å². The van der Waals surface area contributed by atoms with Crippen LogP contribution in [0.3, 0.4) is 0 Å². The first-order valence-electron chi connectivity index (χ1n) is 7.25. The molecular formula is C15H21ClFNO2S. The fourth-order valence-corrected chi connectivity index (χ4v) is 4.52. The summed E-state index contributed by atoms with van der Waals surface area (Å²) in [4.78, 5) is 0.0410. The summed E-state index contributed by atoms with van der Waals surface area (Å²) < 4.78 is 41.0. The Balaban J connectivity index is 2.39. The molecule has 0 aliphatic heterocycles. The molecule has 0 aromatic heterocycles. The molecule has 0 atom stereocenters. The van der Waals surface area contributed by atoms with Crippen molar-refractivity contribution >= 4 is 21.6 Å². The SMILES string of the molecule is CCN(CC1CCC1)S(=O)(=O)c1cc(CCl)cc(F)c1C. The second-order valence-corrected chi connectivity index (χ2v) is 7.76. The first kappa shape index (κ1) is 16.7. The largest absolute Gasteiger partial charge is 0.243 e. The maximum atomic E-state index is 13.9. The first-order valence-corrected chi connectivity index (χ1v) is 9.22. The van der Waals surface area contributed by atoms with Gasteiger partial charge < -0.3 is 0 Å². The fourth-order valence-electron chi connectivity index (χ4n) is 2.55. The first-order chi connectivity index (χ1) is 9.90. The highest BCUT2D eigenvalue weighted by Gasteiger charge is 2.30. The normalized spacial score (nSPS) is 16.2. The van der Waals surface area contributed by atoms with Crippen molar-refractivity contribution in [2.75, 3.05) is 13.1 Å². The van der Waals surface area contributed by atoms with Gasteiger partial charge in [-0.05, 0) is 43.4 Å². The third kappa shape index (κ3) is 3.41. The van der Waals surface area contributed by atoms with Gasteiger partial charge in [0.05, 0.1) is 4.90 Å². The lowest BCUT2D eigenvalue weighted by Gasteiger charge is -2.31. The number of hydrogen-bond acceptors (Lipinski definition) is 2. The van der Waals surface area contributed by atoms with Gasteiger partial charge in [-0.1, -0.05) is 13.3 Å². The molecule has 0 spiro atoms. The van der Waals surface area contributed by atoms with Crippen molar-refractivity contribution in [1.29, 1.82) is 0 Å². The summed E-state index contributed by atoms with van der Waals surface area (Å²) in [7, 11) is -3.67. The van der Waals surface area contributed by atoms with Crippen molar-refractivity contribution in [2.45, 2.75) is 43.9 Å². The lowest BCUT2D eigenvalue weighted by atomic mass is 9.85. The molecule has 118 valence electrons. The van der Waals surface area contributed by atoms with Crippen LogP contribution >= 0.6 is 11.6 Å². The lowest BCUT2D eigenvalue weighted by Crippen LogP contribution is -2.37. The monoisotopic (exact) mass is 333 g/mol. The summed E-state index contributed by atoms with van der Waals surface area (Å²) in [6.07, 6.45) is 3.31. The van der Waals surface area contributed by atoms with Crippen molar-refractivity contribution in [3.05, 3.63) is 29.1 Å². The molecule has 21 heavy (non-hydrogen) atoms. The average Bonchev–Trinajstić information content (AvgIpc) is 2.40. The summed E-state index contributed by atoms with van der Waals surface area (Å²) in [6.45, 7) is 4.22. The molecule has 0 heterocycles. The van der Waals surface area contributed by atoms with E-state index < -0.39 is 15.8 Å². The topological polar surface area (TPSA) is 37.4 Å². The molecule has 0 bridgehead atoms. The van der Waals surface area contributed by atoms with Gasteiger partial charge in [-0.3, -0.25) is 0 Å². The van der Waals surface area contributed by atoms with E-state index in [1.807, 2.05) is 6.92 Å². The maximum Gasteiger partial charge on any atom is 0.243 e. The maximum absolute atomic E-state index is 13.9. The summed E-state index contributed by atoms with van der Waals surface area (Å²) in [5, 5.41) is 0. The highest BCUT2D eigenvalue weighted by atomic mass is 35.5. The van der Waals surface area contributed by atoms with E-state index in [4.69, 9.17) is 11.6 Å². The number of rotatable bonds is 6. The molecule has 1 aromatic carbocycles. The Morgan fingerprint density at radius 3 is 2.52 bits per heavy atom. The molecule has 0 amide bonds. The van der Waals surface area contributed by atoms with Gasteiger partial charge >= 0.3 is 0 Å². The van der Waals surface area contributed by atoms with E-state index in [-0.39, 0.29) is 16.3 Å². The minimum absolute atomic E-state index is 0.0410. The van der Waals surface area contributed by atoms with Gasteiger partial charge in [0, 0.05) is 24.5 Å². The van der Waals surface area contributed by atoms with E-state index in [0.29, 0.717) is 24.6 Å². The molecule has 0 unspecified atom stereocenters. The molecule has 0 saturated heterocycles. The minimum Gasteiger partial charge on any atom is -0.207 e. The quantitative estimate of drug-likeness (QED) is 0.745. The van der Waals surface area contributed by atoms with Crippen LogP contribution < -0.4 is 0 Å². The van der Waals surface area contributed by atoms with E-state index in [2.05, 4.69) is 0 Å². The Kier molecular flexibility index (Phi) is 5.28. The van der Waals surface area contributed by atoms with Crippen LogP contribution in [0.2, 0.25) is 0 Å². The van der Waals surface area contributed by atoms with Crippen LogP contribution in [0.1, 0.15) is 37.3 Å². The summed E-state index contributed by atoms with van der Waals surface area (Å²) in [5.41, 5.74) is 0.647. The summed E-state index contributed by atoms with van der Waals surface area (Å²) >= 11 is 5.73. The molecular weight excluding hydrogens is 313 g/mol. The van der Waals surface area contributed by atoms with Gasteiger partial charge in [-0.15, -0.1) is 11.6 Å². The van der Waals surface area contributed by atoms with Gasteiger partial charge in [-0.25, -0.2) is 12.8 Å². The van der Waals surface area contributed by atoms with Crippen molar-refractivity contribution in [3.63, 3.8) is 0 Å². The molecule has 3 nitrogen and oxygen atoms in total. The average molecular weight is 334 g/mol. The standard InChI is InChI=1S/C15H21ClFNO2S/c1-3-18(10-12-5-4-6-12)21(19,20)15-8-13(9-16)7-14(17)11(15)2/h7-8,12H,3-6,9-10H2,1-2H3. The second-order valence-electron chi connectivity index (χ2n) is 5.59. The van der Waals surface area contributed by atoms with Gasteiger partial charge in [0.15, 0.2) is 0 Å². The number of nitrogens with zero attached hydrogens (tertiary/aromatic N) is 1. The van der Waals surface area contributed by atoms with Gasteiger partial charge in [0.2, 0.25) is 10.0 Å². The van der Waals surface area contributed by atoms with E-state index in [1.165, 1.54) is 23.4 Å². The summed E-state index contributed by atoms with van der Waals surface area (Å²) in [6, 6.07) is 2.79. The smallest absolute Gasteiger partial charge is 0.207 e. The molecule has 6 heteroatoms.